The zero-order valence-corrected chi connectivity index (χ0v) is 14.9. The number of fused-ring (bicyclic) bond motifs is 6. The zero-order chi connectivity index (χ0) is 17.8. The first-order valence-electron chi connectivity index (χ1n) is 9.47. The van der Waals surface area contributed by atoms with Crippen molar-refractivity contribution in [1.82, 2.24) is 0 Å². The third-order valence-corrected chi connectivity index (χ3v) is 5.84. The van der Waals surface area contributed by atoms with Crippen LogP contribution in [0.5, 0.6) is 11.5 Å². The van der Waals surface area contributed by atoms with Gasteiger partial charge in [-0.2, -0.15) is 0 Å². The van der Waals surface area contributed by atoms with Gasteiger partial charge in [-0.05, 0) is 45.5 Å². The molecule has 0 radical (unpaired) electrons. The van der Waals surface area contributed by atoms with Crippen molar-refractivity contribution in [3.8, 4) is 33.8 Å². The maximum atomic E-state index is 6.53. The molecule has 4 aromatic carbocycles. The molecule has 2 aliphatic rings. The Labute approximate surface area is 158 Å². The lowest BCUT2D eigenvalue weighted by molar-refractivity contribution is 0.474. The first-order valence-corrected chi connectivity index (χ1v) is 9.47. The molecule has 0 aromatic heterocycles. The molecule has 0 fully saturated rings. The van der Waals surface area contributed by atoms with Gasteiger partial charge in [0.05, 0.1) is 0 Å². The van der Waals surface area contributed by atoms with Crippen molar-refractivity contribution < 1.29 is 4.74 Å². The molecular weight excluding hydrogens is 328 g/mol. The largest absolute Gasteiger partial charge is 0.457 e. The van der Waals surface area contributed by atoms with Crippen molar-refractivity contribution in [2.45, 2.75) is 12.8 Å². The molecule has 1 nitrogen and oxygen atoms in total. The van der Waals surface area contributed by atoms with Gasteiger partial charge in [0.2, 0.25) is 0 Å². The minimum Gasteiger partial charge on any atom is -0.457 e. The van der Waals surface area contributed by atoms with E-state index in [2.05, 4.69) is 84.9 Å². The van der Waals surface area contributed by atoms with E-state index in [0.29, 0.717) is 0 Å². The van der Waals surface area contributed by atoms with Gasteiger partial charge in [0.25, 0.3) is 0 Å². The second-order valence-corrected chi connectivity index (χ2v) is 7.33. The molecule has 0 spiro atoms. The van der Waals surface area contributed by atoms with Gasteiger partial charge in [0.15, 0.2) is 0 Å². The van der Waals surface area contributed by atoms with E-state index in [9.17, 15) is 0 Å². The molecule has 1 heteroatoms. The second-order valence-electron chi connectivity index (χ2n) is 7.33. The first-order chi connectivity index (χ1) is 13.4. The van der Waals surface area contributed by atoms with Crippen LogP contribution in [0.15, 0.2) is 84.9 Å². The van der Waals surface area contributed by atoms with E-state index in [1.165, 1.54) is 44.5 Å². The van der Waals surface area contributed by atoms with Crippen LogP contribution in [0.1, 0.15) is 22.3 Å². The number of hydrogen-bond donors (Lipinski definition) is 0. The van der Waals surface area contributed by atoms with E-state index in [0.717, 1.165) is 24.3 Å². The summed E-state index contributed by atoms with van der Waals surface area (Å²) in [6, 6.07) is 30.2. The maximum absolute atomic E-state index is 6.53. The van der Waals surface area contributed by atoms with E-state index < -0.39 is 0 Å². The maximum Gasteiger partial charge on any atom is 0.131 e. The van der Waals surface area contributed by atoms with Gasteiger partial charge in [-0.1, -0.05) is 72.8 Å². The minimum atomic E-state index is 0.941. The van der Waals surface area contributed by atoms with Crippen LogP contribution in [0, 0.1) is 0 Å². The number of hydrogen-bond acceptors (Lipinski definition) is 1. The van der Waals surface area contributed by atoms with E-state index in [4.69, 9.17) is 4.74 Å². The molecule has 0 saturated carbocycles. The molecule has 128 valence electrons. The van der Waals surface area contributed by atoms with Crippen molar-refractivity contribution in [3.05, 3.63) is 107 Å². The summed E-state index contributed by atoms with van der Waals surface area (Å²) in [5, 5.41) is 0. The summed E-state index contributed by atoms with van der Waals surface area (Å²) in [5.41, 5.74) is 10.6. The summed E-state index contributed by atoms with van der Waals surface area (Å²) in [7, 11) is 0. The third kappa shape index (κ3) is 2.18. The lowest BCUT2D eigenvalue weighted by Gasteiger charge is -2.14. The van der Waals surface area contributed by atoms with Crippen molar-refractivity contribution in [2.75, 3.05) is 0 Å². The van der Waals surface area contributed by atoms with Gasteiger partial charge < -0.3 is 4.74 Å². The van der Waals surface area contributed by atoms with Gasteiger partial charge in [-0.3, -0.25) is 0 Å². The molecule has 0 saturated heterocycles. The fourth-order valence-corrected chi connectivity index (χ4v) is 4.57. The van der Waals surface area contributed by atoms with Crippen LogP contribution < -0.4 is 4.74 Å². The van der Waals surface area contributed by atoms with Gasteiger partial charge >= 0.3 is 0 Å². The van der Waals surface area contributed by atoms with Crippen LogP contribution in [0.25, 0.3) is 22.3 Å². The summed E-state index contributed by atoms with van der Waals surface area (Å²) >= 11 is 0. The average Bonchev–Trinajstić information content (AvgIpc) is 3.28. The van der Waals surface area contributed by atoms with Gasteiger partial charge in [-0.25, -0.2) is 0 Å². The van der Waals surface area contributed by atoms with Crippen molar-refractivity contribution in [3.63, 3.8) is 0 Å². The fraction of sp³-hybridized carbons (Fsp3) is 0.0769. The number of benzene rings is 4. The van der Waals surface area contributed by atoms with Crippen LogP contribution in [0.4, 0.5) is 0 Å². The van der Waals surface area contributed by atoms with Crippen LogP contribution >= 0.6 is 0 Å². The molecule has 0 heterocycles. The van der Waals surface area contributed by atoms with Crippen molar-refractivity contribution >= 4 is 0 Å². The summed E-state index contributed by atoms with van der Waals surface area (Å²) in [6.45, 7) is 0. The Morgan fingerprint density at radius 1 is 0.444 bits per heavy atom. The summed E-state index contributed by atoms with van der Waals surface area (Å²) < 4.78 is 6.53. The summed E-state index contributed by atoms with van der Waals surface area (Å²) in [6.07, 6.45) is 1.88. The zero-order valence-electron chi connectivity index (χ0n) is 14.9. The topological polar surface area (TPSA) is 9.23 Å². The third-order valence-electron chi connectivity index (χ3n) is 5.84. The van der Waals surface area contributed by atoms with Crippen LogP contribution in [0.3, 0.4) is 0 Å². The molecule has 0 N–H and O–H groups in total. The fourth-order valence-electron chi connectivity index (χ4n) is 4.57. The average molecular weight is 346 g/mol. The first kappa shape index (κ1) is 14.8. The van der Waals surface area contributed by atoms with E-state index in [-0.39, 0.29) is 0 Å². The Kier molecular flexibility index (Phi) is 3.06. The highest BCUT2D eigenvalue weighted by molar-refractivity contribution is 5.81. The van der Waals surface area contributed by atoms with Crippen LogP contribution in [0.2, 0.25) is 0 Å². The molecular formula is C26H18O. The van der Waals surface area contributed by atoms with E-state index in [1.807, 2.05) is 0 Å². The molecule has 0 atom stereocenters. The Bertz CT molecular complexity index is 1110. The Morgan fingerprint density at radius 3 is 1.41 bits per heavy atom. The lowest BCUT2D eigenvalue weighted by atomic mass is 10.0. The number of ether oxygens (including phenoxy) is 1. The molecule has 4 aromatic rings. The summed E-state index contributed by atoms with van der Waals surface area (Å²) in [5.74, 6) is 1.96. The molecule has 0 aliphatic heterocycles. The Balaban J connectivity index is 1.43. The highest BCUT2D eigenvalue weighted by Gasteiger charge is 2.24. The normalized spacial score (nSPS) is 12.9. The predicted octanol–water partition coefficient (Wildman–Crippen LogP) is 6.62. The Morgan fingerprint density at radius 2 is 0.889 bits per heavy atom. The Hall–Kier alpha value is -3.32. The molecule has 6 rings (SSSR count). The standard InChI is InChI=1S/C26H18O/c1-3-9-19-17(7-1)15-23-21(19)11-5-13-25(23)27-26-14-6-12-22-20-10-4-2-8-18(20)16-24(22)26/h1-14H,15-16H2. The van der Waals surface area contributed by atoms with Gasteiger partial charge in [-0.15, -0.1) is 0 Å². The monoisotopic (exact) mass is 346 g/mol. The SMILES string of the molecule is c1ccc2c(c1)Cc1c(Oc3cccc4c3Cc3ccccc3-4)cccc1-2. The smallest absolute Gasteiger partial charge is 0.131 e. The van der Waals surface area contributed by atoms with Crippen molar-refractivity contribution in [1.29, 1.82) is 0 Å². The molecule has 0 unspecified atom stereocenters. The molecule has 0 amide bonds. The summed E-state index contributed by atoms with van der Waals surface area (Å²) in [4.78, 5) is 0. The predicted molar refractivity (Wildman–Crippen MR) is 109 cm³/mol. The van der Waals surface area contributed by atoms with Gasteiger partial charge in [0.1, 0.15) is 11.5 Å². The highest BCUT2D eigenvalue weighted by atomic mass is 16.5. The lowest BCUT2D eigenvalue weighted by Crippen LogP contribution is -1.94. The van der Waals surface area contributed by atoms with Crippen molar-refractivity contribution in [2.24, 2.45) is 0 Å². The highest BCUT2D eigenvalue weighted by Crippen LogP contribution is 2.45. The van der Waals surface area contributed by atoms with Gasteiger partial charge in [0, 0.05) is 24.0 Å². The second kappa shape index (κ2) is 5.59. The van der Waals surface area contributed by atoms with Crippen LogP contribution in [-0.2, 0) is 12.8 Å². The van der Waals surface area contributed by atoms with Crippen LogP contribution in [-0.4, -0.2) is 0 Å². The molecule has 2 aliphatic carbocycles. The minimum absolute atomic E-state index is 0.941. The number of rotatable bonds is 2. The van der Waals surface area contributed by atoms with E-state index >= 15 is 0 Å². The van der Waals surface area contributed by atoms with E-state index in [1.54, 1.807) is 0 Å². The molecule has 27 heavy (non-hydrogen) atoms. The molecule has 0 bridgehead atoms. The quantitative estimate of drug-likeness (QED) is 0.342.